The van der Waals surface area contributed by atoms with Gasteiger partial charge in [0.05, 0.1) is 0 Å². The van der Waals surface area contributed by atoms with E-state index >= 15 is 0 Å². The van der Waals surface area contributed by atoms with Gasteiger partial charge in [-0.05, 0) is 70.4 Å². The Morgan fingerprint density at radius 2 is 1.74 bits per heavy atom. The largest absolute Gasteiger partial charge is 0.360 e. The van der Waals surface area contributed by atoms with Gasteiger partial charge >= 0.3 is 0 Å². The summed E-state index contributed by atoms with van der Waals surface area (Å²) in [6.07, 6.45) is 0.442. The van der Waals surface area contributed by atoms with Crippen molar-refractivity contribution < 1.29 is 18.9 Å². The van der Waals surface area contributed by atoms with Crippen molar-refractivity contribution in [2.24, 2.45) is 0 Å². The molecule has 0 aliphatic heterocycles. The molecular weight excluding hydrogens is 504 g/mol. The SMILES string of the molecule is CCC(C)(C)NC(=O)[C@H](c1ccccc1Cl)N(C(=O)CCC(=O)Nc1cc(C)on1)c1ccc(C)c(C)c1. The highest BCUT2D eigenvalue weighted by Gasteiger charge is 2.36. The van der Waals surface area contributed by atoms with Crippen LogP contribution in [0.15, 0.2) is 53.1 Å². The van der Waals surface area contributed by atoms with Crippen LogP contribution in [-0.4, -0.2) is 28.4 Å². The van der Waals surface area contributed by atoms with Crippen molar-refractivity contribution in [2.75, 3.05) is 10.2 Å². The van der Waals surface area contributed by atoms with Crippen molar-refractivity contribution in [1.29, 1.82) is 0 Å². The van der Waals surface area contributed by atoms with Gasteiger partial charge in [0.15, 0.2) is 5.82 Å². The summed E-state index contributed by atoms with van der Waals surface area (Å²) in [7, 11) is 0. The summed E-state index contributed by atoms with van der Waals surface area (Å²) in [6, 6.07) is 13.1. The highest BCUT2D eigenvalue weighted by molar-refractivity contribution is 6.31. The molecule has 2 N–H and O–H groups in total. The van der Waals surface area contributed by atoms with E-state index in [1.807, 2.05) is 46.8 Å². The lowest BCUT2D eigenvalue weighted by Crippen LogP contribution is -2.50. The Morgan fingerprint density at radius 1 is 1.03 bits per heavy atom. The first-order chi connectivity index (χ1) is 17.9. The molecule has 0 aliphatic rings. The van der Waals surface area contributed by atoms with E-state index < -0.39 is 23.4 Å². The average molecular weight is 539 g/mol. The van der Waals surface area contributed by atoms with Gasteiger partial charge < -0.3 is 15.2 Å². The first kappa shape index (κ1) is 28.9. The monoisotopic (exact) mass is 538 g/mol. The summed E-state index contributed by atoms with van der Waals surface area (Å²) in [5, 5.41) is 9.82. The number of carbonyl (C=O) groups excluding carboxylic acids is 3. The predicted octanol–water partition coefficient (Wildman–Crippen LogP) is 6.05. The van der Waals surface area contributed by atoms with Crippen LogP contribution in [0, 0.1) is 20.8 Å². The Labute approximate surface area is 228 Å². The molecule has 0 radical (unpaired) electrons. The number of hydrogen-bond acceptors (Lipinski definition) is 5. The van der Waals surface area contributed by atoms with E-state index in [0.29, 0.717) is 28.5 Å². The van der Waals surface area contributed by atoms with Gasteiger partial charge in [-0.25, -0.2) is 0 Å². The van der Waals surface area contributed by atoms with E-state index in [9.17, 15) is 14.4 Å². The van der Waals surface area contributed by atoms with Gasteiger partial charge in [-0.3, -0.25) is 19.3 Å². The van der Waals surface area contributed by atoms with E-state index in [4.69, 9.17) is 16.1 Å². The summed E-state index contributed by atoms with van der Waals surface area (Å²) in [5.74, 6) is -0.312. The van der Waals surface area contributed by atoms with Crippen LogP contribution in [0.4, 0.5) is 11.5 Å². The van der Waals surface area contributed by atoms with Crippen LogP contribution in [0.25, 0.3) is 0 Å². The highest BCUT2D eigenvalue weighted by atomic mass is 35.5. The van der Waals surface area contributed by atoms with Gasteiger partial charge in [-0.1, -0.05) is 47.9 Å². The second kappa shape index (κ2) is 12.3. The Hall–Kier alpha value is -3.65. The maximum Gasteiger partial charge on any atom is 0.248 e. The van der Waals surface area contributed by atoms with Gasteiger partial charge in [-0.2, -0.15) is 0 Å². The molecule has 0 unspecified atom stereocenters. The minimum Gasteiger partial charge on any atom is -0.360 e. The van der Waals surface area contributed by atoms with Crippen molar-refractivity contribution in [3.63, 3.8) is 0 Å². The number of hydrogen-bond donors (Lipinski definition) is 2. The van der Waals surface area contributed by atoms with Crippen molar-refractivity contribution in [3.05, 3.63) is 76.0 Å². The lowest BCUT2D eigenvalue weighted by molar-refractivity contribution is -0.128. The summed E-state index contributed by atoms with van der Waals surface area (Å²) in [6.45, 7) is 11.5. The molecule has 202 valence electrons. The highest BCUT2D eigenvalue weighted by Crippen LogP contribution is 2.34. The van der Waals surface area contributed by atoms with Gasteiger partial charge in [0.25, 0.3) is 0 Å². The molecular formula is C29H35ClN4O4. The summed E-state index contributed by atoms with van der Waals surface area (Å²) >= 11 is 6.58. The molecule has 3 rings (SSSR count). The number of nitrogens with zero attached hydrogens (tertiary/aromatic N) is 2. The molecule has 3 aromatic rings. The molecule has 2 aromatic carbocycles. The number of halogens is 1. The van der Waals surface area contributed by atoms with Crippen LogP contribution in [-0.2, 0) is 14.4 Å². The number of anilines is 2. The predicted molar refractivity (Wildman–Crippen MR) is 149 cm³/mol. The van der Waals surface area contributed by atoms with Crippen LogP contribution in [0.2, 0.25) is 5.02 Å². The number of benzene rings is 2. The van der Waals surface area contributed by atoms with Gasteiger partial charge in [0.1, 0.15) is 11.8 Å². The molecule has 8 nitrogen and oxygen atoms in total. The maximum atomic E-state index is 13.9. The van der Waals surface area contributed by atoms with Crippen molar-refractivity contribution in [3.8, 4) is 0 Å². The summed E-state index contributed by atoms with van der Waals surface area (Å²) < 4.78 is 4.98. The number of nitrogens with one attached hydrogen (secondary N) is 2. The zero-order valence-electron chi connectivity index (χ0n) is 22.7. The number of rotatable bonds is 10. The van der Waals surface area contributed by atoms with Crippen molar-refractivity contribution in [1.82, 2.24) is 10.5 Å². The summed E-state index contributed by atoms with van der Waals surface area (Å²) in [4.78, 5) is 41.7. The lowest BCUT2D eigenvalue weighted by Gasteiger charge is -2.35. The molecule has 1 heterocycles. The third-order valence-electron chi connectivity index (χ3n) is 6.55. The molecule has 1 aromatic heterocycles. The molecule has 0 spiro atoms. The normalized spacial score (nSPS) is 12.1. The molecule has 0 bridgehead atoms. The first-order valence-electron chi connectivity index (χ1n) is 12.6. The van der Waals surface area contributed by atoms with Gasteiger partial charge in [-0.15, -0.1) is 0 Å². The Morgan fingerprint density at radius 3 is 2.34 bits per heavy atom. The fourth-order valence-electron chi connectivity index (χ4n) is 3.87. The quantitative estimate of drug-likeness (QED) is 0.327. The second-order valence-electron chi connectivity index (χ2n) is 10.1. The van der Waals surface area contributed by atoms with Crippen LogP contribution in [0.1, 0.15) is 68.5 Å². The minimum absolute atomic E-state index is 0.108. The molecule has 1 atom stereocenters. The van der Waals surface area contributed by atoms with Crippen molar-refractivity contribution in [2.45, 2.75) is 72.4 Å². The van der Waals surface area contributed by atoms with Gasteiger partial charge in [0.2, 0.25) is 17.7 Å². The molecule has 0 aliphatic carbocycles. The topological polar surface area (TPSA) is 105 Å². The minimum atomic E-state index is -1.05. The van der Waals surface area contributed by atoms with E-state index in [0.717, 1.165) is 11.1 Å². The molecule has 0 fully saturated rings. The van der Waals surface area contributed by atoms with Crippen molar-refractivity contribution >= 4 is 40.8 Å². The summed E-state index contributed by atoms with van der Waals surface area (Å²) in [5.41, 5.74) is 2.54. The van der Waals surface area contributed by atoms with E-state index in [1.54, 1.807) is 43.3 Å². The number of carbonyl (C=O) groups is 3. The first-order valence-corrected chi connectivity index (χ1v) is 13.0. The molecule has 3 amide bonds. The van der Waals surface area contributed by atoms with Gasteiger partial charge in [0, 0.05) is 40.7 Å². The Kier molecular flexibility index (Phi) is 9.33. The molecule has 38 heavy (non-hydrogen) atoms. The van der Waals surface area contributed by atoms with E-state index in [2.05, 4.69) is 15.8 Å². The van der Waals surface area contributed by atoms with Crippen LogP contribution in [0.3, 0.4) is 0 Å². The third kappa shape index (κ3) is 7.22. The Balaban J connectivity index is 2.01. The zero-order valence-corrected chi connectivity index (χ0v) is 23.5. The van der Waals surface area contributed by atoms with E-state index in [1.165, 1.54) is 4.90 Å². The van der Waals surface area contributed by atoms with Crippen LogP contribution in [0.5, 0.6) is 0 Å². The van der Waals surface area contributed by atoms with Crippen LogP contribution >= 0.6 is 11.6 Å². The lowest BCUT2D eigenvalue weighted by atomic mass is 9.97. The maximum absolute atomic E-state index is 13.9. The fraction of sp³-hybridized carbons (Fsp3) is 0.379. The number of amides is 3. The average Bonchev–Trinajstić information content (AvgIpc) is 3.27. The molecule has 0 saturated heterocycles. The zero-order chi connectivity index (χ0) is 28.0. The number of aromatic nitrogens is 1. The molecule has 0 saturated carbocycles. The Bertz CT molecular complexity index is 1320. The standard InChI is InChI=1S/C29H35ClN4O4/c1-7-29(5,6)32-28(37)27(22-10-8-9-11-23(22)30)34(21-13-12-18(2)19(3)16-21)26(36)15-14-25(35)31-24-17-20(4)38-33-24/h8-13,16-17,27H,7,14-15H2,1-6H3,(H,32,37)(H,31,33,35)/t27-/m0/s1. The fourth-order valence-corrected chi connectivity index (χ4v) is 4.11. The van der Waals surface area contributed by atoms with Crippen LogP contribution < -0.4 is 15.5 Å². The number of aryl methyl sites for hydroxylation is 3. The molecule has 9 heteroatoms. The van der Waals surface area contributed by atoms with E-state index in [-0.39, 0.29) is 24.6 Å². The third-order valence-corrected chi connectivity index (χ3v) is 6.89. The smallest absolute Gasteiger partial charge is 0.248 e. The second-order valence-corrected chi connectivity index (χ2v) is 10.5.